The van der Waals surface area contributed by atoms with Crippen LogP contribution in [0.15, 0.2) is 0 Å². The standard InChI is InChI=1S/C11H21N5OS/c1-11(2,3)8(6-7-12)4-5-9(17)13-10-14-15-16-18-10/h8H,4-7,12H2,1-3H3,(H,13,14,16,17). The highest BCUT2D eigenvalue weighted by Crippen LogP contribution is 2.32. The molecule has 1 aromatic heterocycles. The number of aromatic nitrogens is 3. The largest absolute Gasteiger partial charge is 0.330 e. The predicted molar refractivity (Wildman–Crippen MR) is 72.2 cm³/mol. The Kier molecular flexibility index (Phi) is 5.61. The molecular formula is C11H21N5OS. The van der Waals surface area contributed by atoms with Gasteiger partial charge in [0.1, 0.15) is 0 Å². The van der Waals surface area contributed by atoms with Crippen LogP contribution in [-0.2, 0) is 4.79 Å². The van der Waals surface area contributed by atoms with E-state index in [2.05, 4.69) is 40.9 Å². The molecule has 18 heavy (non-hydrogen) atoms. The van der Waals surface area contributed by atoms with Crippen molar-refractivity contribution in [2.75, 3.05) is 11.9 Å². The summed E-state index contributed by atoms with van der Waals surface area (Å²) in [7, 11) is 0. The summed E-state index contributed by atoms with van der Waals surface area (Å²) in [5.41, 5.74) is 5.79. The highest BCUT2D eigenvalue weighted by molar-refractivity contribution is 7.09. The molecule has 1 unspecified atom stereocenters. The van der Waals surface area contributed by atoms with E-state index >= 15 is 0 Å². The van der Waals surface area contributed by atoms with Gasteiger partial charge in [-0.05, 0) is 35.9 Å². The lowest BCUT2D eigenvalue weighted by Gasteiger charge is -2.30. The number of hydrogen-bond donors (Lipinski definition) is 2. The van der Waals surface area contributed by atoms with Crippen LogP contribution in [0.5, 0.6) is 0 Å². The number of carbonyl (C=O) groups excluding carboxylic acids is 1. The average molecular weight is 271 g/mol. The summed E-state index contributed by atoms with van der Waals surface area (Å²) in [5, 5.41) is 10.2. The van der Waals surface area contributed by atoms with E-state index in [0.29, 0.717) is 24.0 Å². The average Bonchev–Trinajstić information content (AvgIpc) is 2.75. The molecule has 0 aliphatic heterocycles. The normalized spacial score (nSPS) is 13.3. The van der Waals surface area contributed by atoms with Gasteiger partial charge in [0.2, 0.25) is 11.0 Å². The van der Waals surface area contributed by atoms with Crippen LogP contribution >= 0.6 is 11.5 Å². The van der Waals surface area contributed by atoms with Crippen molar-refractivity contribution < 1.29 is 4.79 Å². The van der Waals surface area contributed by atoms with Gasteiger partial charge in [0.15, 0.2) is 0 Å². The third-order valence-electron chi connectivity index (χ3n) is 3.01. The van der Waals surface area contributed by atoms with Crippen molar-refractivity contribution >= 4 is 22.6 Å². The molecule has 1 atom stereocenters. The third-order valence-corrected chi connectivity index (χ3v) is 3.52. The van der Waals surface area contributed by atoms with Gasteiger partial charge in [-0.25, -0.2) is 0 Å². The lowest BCUT2D eigenvalue weighted by atomic mass is 9.76. The van der Waals surface area contributed by atoms with E-state index < -0.39 is 0 Å². The smallest absolute Gasteiger partial charge is 0.231 e. The van der Waals surface area contributed by atoms with Gasteiger partial charge >= 0.3 is 0 Å². The van der Waals surface area contributed by atoms with Gasteiger partial charge in [-0.2, -0.15) is 0 Å². The molecule has 0 aliphatic carbocycles. The molecule has 1 rings (SSSR count). The van der Waals surface area contributed by atoms with Crippen molar-refractivity contribution in [2.45, 2.75) is 40.0 Å². The van der Waals surface area contributed by atoms with Crippen molar-refractivity contribution in [3.8, 4) is 0 Å². The number of nitrogens with zero attached hydrogens (tertiary/aromatic N) is 3. The van der Waals surface area contributed by atoms with Crippen molar-refractivity contribution in [3.63, 3.8) is 0 Å². The van der Waals surface area contributed by atoms with E-state index in [1.54, 1.807) is 0 Å². The first-order valence-corrected chi connectivity index (χ1v) is 6.85. The fourth-order valence-corrected chi connectivity index (χ4v) is 2.26. The summed E-state index contributed by atoms with van der Waals surface area (Å²) in [6.07, 6.45) is 2.25. The molecular weight excluding hydrogens is 250 g/mol. The summed E-state index contributed by atoms with van der Waals surface area (Å²) in [6, 6.07) is 0. The van der Waals surface area contributed by atoms with E-state index in [4.69, 9.17) is 5.73 Å². The van der Waals surface area contributed by atoms with Crippen LogP contribution in [-0.4, -0.2) is 27.3 Å². The maximum atomic E-state index is 11.7. The quantitative estimate of drug-likeness (QED) is 0.820. The van der Waals surface area contributed by atoms with E-state index in [1.165, 1.54) is 0 Å². The van der Waals surface area contributed by atoms with E-state index in [-0.39, 0.29) is 11.3 Å². The molecule has 0 saturated carbocycles. The second-order valence-corrected chi connectivity index (χ2v) is 6.13. The molecule has 6 nitrogen and oxygen atoms in total. The molecule has 1 heterocycles. The first kappa shape index (κ1) is 15.0. The second kappa shape index (κ2) is 6.75. The predicted octanol–water partition coefficient (Wildman–Crippen LogP) is 1.66. The maximum Gasteiger partial charge on any atom is 0.231 e. The van der Waals surface area contributed by atoms with Crippen LogP contribution in [0.25, 0.3) is 0 Å². The molecule has 0 aromatic carbocycles. The van der Waals surface area contributed by atoms with Crippen molar-refractivity contribution in [1.82, 2.24) is 14.8 Å². The minimum Gasteiger partial charge on any atom is -0.330 e. The van der Waals surface area contributed by atoms with Crippen molar-refractivity contribution in [1.29, 1.82) is 0 Å². The van der Waals surface area contributed by atoms with Crippen LogP contribution in [0.4, 0.5) is 5.13 Å². The Hall–Kier alpha value is -1.08. The van der Waals surface area contributed by atoms with Gasteiger partial charge in [0.25, 0.3) is 0 Å². The van der Waals surface area contributed by atoms with Crippen LogP contribution in [0.3, 0.4) is 0 Å². The van der Waals surface area contributed by atoms with Gasteiger partial charge in [0.05, 0.1) is 0 Å². The molecule has 102 valence electrons. The van der Waals surface area contributed by atoms with Crippen molar-refractivity contribution in [3.05, 3.63) is 0 Å². The molecule has 0 aliphatic rings. The highest BCUT2D eigenvalue weighted by atomic mass is 32.1. The highest BCUT2D eigenvalue weighted by Gasteiger charge is 2.24. The van der Waals surface area contributed by atoms with Crippen LogP contribution in [0.1, 0.15) is 40.0 Å². The first-order chi connectivity index (χ1) is 8.43. The van der Waals surface area contributed by atoms with Gasteiger partial charge < -0.3 is 5.73 Å². The SMILES string of the molecule is CC(C)(C)C(CCN)CCC(=O)Nc1nnns1. The van der Waals surface area contributed by atoms with Gasteiger partial charge in [-0.15, -0.1) is 0 Å². The van der Waals surface area contributed by atoms with Crippen LogP contribution in [0.2, 0.25) is 0 Å². The van der Waals surface area contributed by atoms with Gasteiger partial charge in [-0.1, -0.05) is 30.4 Å². The molecule has 7 heteroatoms. The van der Waals surface area contributed by atoms with Gasteiger partial charge in [0, 0.05) is 18.0 Å². The fourth-order valence-electron chi connectivity index (χ4n) is 1.88. The summed E-state index contributed by atoms with van der Waals surface area (Å²) < 4.78 is 3.59. The number of carbonyl (C=O) groups is 1. The Labute approximate surface area is 112 Å². The topological polar surface area (TPSA) is 93.8 Å². The second-order valence-electron chi connectivity index (χ2n) is 5.39. The van der Waals surface area contributed by atoms with Crippen LogP contribution in [0, 0.1) is 11.3 Å². The number of hydrogen-bond acceptors (Lipinski definition) is 6. The summed E-state index contributed by atoms with van der Waals surface area (Å²) in [6.45, 7) is 7.20. The minimum absolute atomic E-state index is 0.0418. The Bertz CT molecular complexity index is 360. The number of nitrogens with two attached hydrogens (primary N) is 1. The zero-order chi connectivity index (χ0) is 13.6. The molecule has 0 bridgehead atoms. The number of nitrogens with one attached hydrogen (secondary N) is 1. The Balaban J connectivity index is 2.40. The third kappa shape index (κ3) is 5.05. The molecule has 3 N–H and O–H groups in total. The van der Waals surface area contributed by atoms with E-state index in [0.717, 1.165) is 24.4 Å². The van der Waals surface area contributed by atoms with E-state index in [9.17, 15) is 4.79 Å². The molecule has 0 spiro atoms. The zero-order valence-corrected chi connectivity index (χ0v) is 12.0. The van der Waals surface area contributed by atoms with Crippen LogP contribution < -0.4 is 11.1 Å². The monoisotopic (exact) mass is 271 g/mol. The number of rotatable bonds is 6. The Morgan fingerprint density at radius 1 is 1.44 bits per heavy atom. The maximum absolute atomic E-state index is 11.7. The summed E-state index contributed by atoms with van der Waals surface area (Å²) >= 11 is 1.08. The Morgan fingerprint density at radius 2 is 2.17 bits per heavy atom. The molecule has 0 fully saturated rings. The number of anilines is 1. The minimum atomic E-state index is -0.0418. The fraction of sp³-hybridized carbons (Fsp3) is 0.818. The molecule has 0 saturated heterocycles. The molecule has 1 amide bonds. The summed E-state index contributed by atoms with van der Waals surface area (Å²) in [5.74, 6) is 0.403. The lowest BCUT2D eigenvalue weighted by molar-refractivity contribution is -0.116. The zero-order valence-electron chi connectivity index (χ0n) is 11.1. The van der Waals surface area contributed by atoms with E-state index in [1.807, 2.05) is 0 Å². The van der Waals surface area contributed by atoms with Gasteiger partial charge in [-0.3, -0.25) is 10.1 Å². The lowest BCUT2D eigenvalue weighted by Crippen LogP contribution is -2.25. The summed E-state index contributed by atoms with van der Waals surface area (Å²) in [4.78, 5) is 11.7. The first-order valence-electron chi connectivity index (χ1n) is 6.08. The van der Waals surface area contributed by atoms with Crippen molar-refractivity contribution in [2.24, 2.45) is 17.1 Å². The Morgan fingerprint density at radius 3 is 2.67 bits per heavy atom. The number of amides is 1. The molecule has 0 radical (unpaired) electrons. The molecule has 1 aromatic rings.